The average Bonchev–Trinajstić information content (AvgIpc) is 3.78. The number of anilines is 2. The average molecular weight is 849 g/mol. The highest BCUT2D eigenvalue weighted by Crippen LogP contribution is 2.38. The van der Waals surface area contributed by atoms with Crippen molar-refractivity contribution < 1.29 is 41.0 Å². The summed E-state index contributed by atoms with van der Waals surface area (Å²) in [6.45, 7) is 0.117. The lowest BCUT2D eigenvalue weighted by molar-refractivity contribution is 0.160. The normalized spacial score (nSPS) is 20.2. The molecule has 11 nitrogen and oxygen atoms in total. The predicted octanol–water partition coefficient (Wildman–Crippen LogP) is 7.71. The molecule has 3 N–H and O–H groups in total. The van der Waals surface area contributed by atoms with Crippen molar-refractivity contribution in [3.63, 3.8) is 0 Å². The highest BCUT2D eigenvalue weighted by Gasteiger charge is 2.41. The van der Waals surface area contributed by atoms with E-state index in [0.29, 0.717) is 6.54 Å². The van der Waals surface area contributed by atoms with E-state index in [-0.39, 0.29) is 80.5 Å². The standard InChI is InChI=1S/C35H36Cl2F5N7O4S2/c1-52-18-11-22(39)31(23(40)12-18)20-15-43-8-5-26(20)45-34(51)49(35-44-16-29(37)55-35)48(30-4-3-28(36)54-30)33(50)46-27-6-9-47(10-7-38)17-21(27)32-24(41)13-19(53-2)14-25(32)42/h3-4,11-14,16,20-21,26-27,43H,5-10,15,17H2,1-2H3,(H,45,51)(H,46,50). The van der Waals surface area contributed by atoms with Crippen molar-refractivity contribution in [2.75, 3.05) is 63.6 Å². The Morgan fingerprint density at radius 2 is 1.45 bits per heavy atom. The molecule has 4 atom stereocenters. The van der Waals surface area contributed by atoms with Crippen LogP contribution < -0.4 is 35.4 Å². The van der Waals surface area contributed by atoms with E-state index in [2.05, 4.69) is 20.9 Å². The van der Waals surface area contributed by atoms with Gasteiger partial charge < -0.3 is 25.4 Å². The molecule has 4 unspecified atom stereocenters. The minimum atomic E-state index is -0.995. The number of methoxy groups -OCH3 is 2. The third-order valence-corrected chi connectivity index (χ3v) is 11.8. The third-order valence-electron chi connectivity index (χ3n) is 9.51. The van der Waals surface area contributed by atoms with Gasteiger partial charge in [0.1, 0.15) is 50.8 Å². The number of hydrogen-bond acceptors (Lipinski definition) is 9. The molecule has 6 rings (SSSR count). The molecule has 2 aromatic heterocycles. The first-order valence-corrected chi connectivity index (χ1v) is 19.4. The smallest absolute Gasteiger partial charge is 0.343 e. The van der Waals surface area contributed by atoms with E-state index in [0.717, 1.165) is 57.0 Å². The van der Waals surface area contributed by atoms with Gasteiger partial charge in [0, 0.05) is 85.5 Å². The Kier molecular flexibility index (Phi) is 13.2. The first-order valence-electron chi connectivity index (χ1n) is 17.0. The van der Waals surface area contributed by atoms with E-state index in [9.17, 15) is 14.0 Å². The number of ether oxygens (including phenoxy) is 2. The second kappa shape index (κ2) is 17.9. The van der Waals surface area contributed by atoms with Crippen molar-refractivity contribution in [1.29, 1.82) is 0 Å². The van der Waals surface area contributed by atoms with E-state index in [1.165, 1.54) is 32.5 Å². The number of alkyl halides is 1. The van der Waals surface area contributed by atoms with Crippen LogP contribution in [0.15, 0.2) is 42.6 Å². The molecule has 20 heteroatoms. The zero-order valence-electron chi connectivity index (χ0n) is 29.4. The lowest BCUT2D eigenvalue weighted by atomic mass is 9.85. The maximum absolute atomic E-state index is 15.6. The largest absolute Gasteiger partial charge is 0.497 e. The van der Waals surface area contributed by atoms with Gasteiger partial charge in [-0.05, 0) is 31.5 Å². The number of nitrogens with one attached hydrogen (secondary N) is 3. The van der Waals surface area contributed by atoms with E-state index >= 15 is 17.6 Å². The predicted molar refractivity (Wildman–Crippen MR) is 202 cm³/mol. The Balaban J connectivity index is 1.36. The van der Waals surface area contributed by atoms with Crippen LogP contribution in [0.2, 0.25) is 8.67 Å². The maximum atomic E-state index is 15.6. The van der Waals surface area contributed by atoms with Gasteiger partial charge in [-0.3, -0.25) is 4.90 Å². The molecule has 2 saturated heterocycles. The Morgan fingerprint density at radius 3 is 1.98 bits per heavy atom. The number of piperidine rings is 2. The summed E-state index contributed by atoms with van der Waals surface area (Å²) in [5.74, 6) is -5.49. The summed E-state index contributed by atoms with van der Waals surface area (Å²) < 4.78 is 85.8. The molecule has 0 bridgehead atoms. The number of hydrazine groups is 1. The second-order valence-corrected chi connectivity index (χ2v) is 16.1. The number of rotatable bonds is 10. The van der Waals surface area contributed by atoms with E-state index in [1.54, 1.807) is 4.90 Å². The zero-order chi connectivity index (χ0) is 39.4. The summed E-state index contributed by atoms with van der Waals surface area (Å²) in [6, 6.07) is 3.60. The molecule has 0 aliphatic carbocycles. The van der Waals surface area contributed by atoms with Crippen LogP contribution in [0.1, 0.15) is 35.8 Å². The van der Waals surface area contributed by atoms with Crippen LogP contribution in [0, 0.1) is 23.3 Å². The molecule has 296 valence electrons. The quantitative estimate of drug-likeness (QED) is 0.111. The van der Waals surface area contributed by atoms with Crippen LogP contribution >= 0.6 is 45.9 Å². The number of carbonyl (C=O) groups is 2. The first-order chi connectivity index (χ1) is 26.4. The fourth-order valence-corrected chi connectivity index (χ4v) is 8.88. The molecule has 4 amide bonds. The fourth-order valence-electron chi connectivity index (χ4n) is 6.96. The van der Waals surface area contributed by atoms with Crippen LogP contribution in [0.4, 0.5) is 41.7 Å². The Labute approximate surface area is 331 Å². The number of amides is 4. The van der Waals surface area contributed by atoms with Gasteiger partial charge in [-0.25, -0.2) is 36.5 Å². The number of likely N-dealkylation sites (tertiary alicyclic amines) is 1. The topological polar surface area (TPSA) is 111 Å². The van der Waals surface area contributed by atoms with Crippen molar-refractivity contribution in [3.8, 4) is 11.5 Å². The Bertz CT molecular complexity index is 1970. The van der Waals surface area contributed by atoms with E-state index in [1.807, 2.05) is 0 Å². The van der Waals surface area contributed by atoms with Crippen LogP contribution in [0.5, 0.6) is 11.5 Å². The molecule has 55 heavy (non-hydrogen) atoms. The van der Waals surface area contributed by atoms with Crippen molar-refractivity contribution in [1.82, 2.24) is 25.8 Å². The molecule has 0 spiro atoms. The highest BCUT2D eigenvalue weighted by molar-refractivity contribution is 7.20. The molecule has 2 aliphatic rings. The maximum Gasteiger partial charge on any atom is 0.343 e. The molecule has 2 aromatic carbocycles. The number of benzene rings is 2. The van der Waals surface area contributed by atoms with Gasteiger partial charge in [0.05, 0.1) is 24.8 Å². The molecule has 4 aromatic rings. The third kappa shape index (κ3) is 9.05. The van der Waals surface area contributed by atoms with Crippen molar-refractivity contribution in [2.24, 2.45) is 0 Å². The SMILES string of the molecule is COc1cc(F)c(C2CN(CCF)CCC2NC(=O)N(c2ccc(Cl)s2)N(C(=O)NC2CCNCC2c2c(F)cc(OC)cc2F)c2ncc(Cl)s2)c(F)c1. The van der Waals surface area contributed by atoms with Crippen LogP contribution in [0.25, 0.3) is 0 Å². The monoisotopic (exact) mass is 847 g/mol. The number of hydrogen-bond donors (Lipinski definition) is 3. The lowest BCUT2D eigenvalue weighted by Crippen LogP contribution is -2.62. The summed E-state index contributed by atoms with van der Waals surface area (Å²) in [5.41, 5.74) is -0.582. The van der Waals surface area contributed by atoms with Gasteiger partial charge in [-0.15, -0.1) is 11.3 Å². The number of nitrogens with zero attached hydrogens (tertiary/aromatic N) is 4. The van der Waals surface area contributed by atoms with Gasteiger partial charge in [0.2, 0.25) is 5.13 Å². The molecule has 0 radical (unpaired) electrons. The number of aromatic nitrogens is 1. The summed E-state index contributed by atoms with van der Waals surface area (Å²) in [5, 5.41) is 10.8. The Morgan fingerprint density at radius 1 is 0.873 bits per heavy atom. The number of urea groups is 2. The summed E-state index contributed by atoms with van der Waals surface area (Å²) in [4.78, 5) is 35.1. The van der Waals surface area contributed by atoms with Crippen molar-refractivity contribution >= 4 is 68.1 Å². The highest BCUT2D eigenvalue weighted by atomic mass is 35.5. The minimum Gasteiger partial charge on any atom is -0.497 e. The molecular formula is C35H36Cl2F5N7O4S2. The Hall–Kier alpha value is -3.94. The van der Waals surface area contributed by atoms with E-state index < -0.39 is 65.9 Å². The van der Waals surface area contributed by atoms with Gasteiger partial charge in [-0.2, -0.15) is 10.0 Å². The van der Waals surface area contributed by atoms with Gasteiger partial charge >= 0.3 is 12.1 Å². The zero-order valence-corrected chi connectivity index (χ0v) is 32.5. The van der Waals surface area contributed by atoms with Gasteiger partial charge in [0.15, 0.2) is 0 Å². The number of halogens is 7. The summed E-state index contributed by atoms with van der Waals surface area (Å²) in [7, 11) is 2.55. The number of carbonyl (C=O) groups excluding carboxylic acids is 2. The van der Waals surface area contributed by atoms with Gasteiger partial charge in [0.25, 0.3) is 0 Å². The summed E-state index contributed by atoms with van der Waals surface area (Å²) in [6.07, 6.45) is 1.69. The van der Waals surface area contributed by atoms with Crippen molar-refractivity contribution in [3.05, 3.63) is 85.7 Å². The molecule has 2 fully saturated rings. The first kappa shape index (κ1) is 40.7. The van der Waals surface area contributed by atoms with Gasteiger partial charge in [-0.1, -0.05) is 34.5 Å². The molecule has 2 aliphatic heterocycles. The molecular weight excluding hydrogens is 812 g/mol. The van der Waals surface area contributed by atoms with Crippen LogP contribution in [-0.4, -0.2) is 87.6 Å². The summed E-state index contributed by atoms with van der Waals surface area (Å²) >= 11 is 14.4. The second-order valence-electron chi connectivity index (χ2n) is 12.8. The lowest BCUT2D eigenvalue weighted by Gasteiger charge is -2.41. The van der Waals surface area contributed by atoms with Crippen molar-refractivity contribution in [2.45, 2.75) is 36.8 Å². The number of thiazole rings is 1. The molecule has 0 saturated carbocycles. The van der Waals surface area contributed by atoms with Crippen LogP contribution in [0.3, 0.4) is 0 Å². The van der Waals surface area contributed by atoms with E-state index in [4.69, 9.17) is 32.7 Å². The fraction of sp³-hybridized carbons (Fsp3) is 0.400. The number of thiophene rings is 1. The molecule has 4 heterocycles. The van der Waals surface area contributed by atoms with Crippen LogP contribution in [-0.2, 0) is 0 Å². The minimum absolute atomic E-state index is 0.00172.